The van der Waals surface area contributed by atoms with Crippen LogP contribution < -0.4 is 14.8 Å². The van der Waals surface area contributed by atoms with Crippen LogP contribution in [0.1, 0.15) is 49.7 Å². The minimum absolute atomic E-state index is 0.0594. The largest absolute Gasteiger partial charge is 0.497 e. The van der Waals surface area contributed by atoms with Gasteiger partial charge in [-0.2, -0.15) is 0 Å². The van der Waals surface area contributed by atoms with Gasteiger partial charge in [0.1, 0.15) is 17.5 Å². The first kappa shape index (κ1) is 28.7. The Morgan fingerprint density at radius 1 is 0.949 bits per heavy atom. The zero-order valence-corrected chi connectivity index (χ0v) is 24.1. The molecular weight excluding hydrogens is 556 g/mol. The molecule has 1 saturated carbocycles. The van der Waals surface area contributed by atoms with E-state index in [0.717, 1.165) is 52.8 Å². The summed E-state index contributed by atoms with van der Waals surface area (Å²) >= 11 is 3.54. The Kier molecular flexibility index (Phi) is 10.8. The Labute approximate surface area is 239 Å². The molecular formula is C32H37BrN2O4. The van der Waals surface area contributed by atoms with E-state index in [1.165, 1.54) is 0 Å². The van der Waals surface area contributed by atoms with Gasteiger partial charge in [-0.25, -0.2) is 0 Å². The first-order chi connectivity index (χ1) is 19.0. The van der Waals surface area contributed by atoms with Crippen LogP contribution >= 0.6 is 15.9 Å². The lowest BCUT2D eigenvalue weighted by Crippen LogP contribution is -2.52. The quantitative estimate of drug-likeness (QED) is 0.236. The summed E-state index contributed by atoms with van der Waals surface area (Å²) in [4.78, 5) is 29.2. The van der Waals surface area contributed by atoms with Gasteiger partial charge in [0, 0.05) is 29.9 Å². The topological polar surface area (TPSA) is 67.9 Å². The second-order valence-corrected chi connectivity index (χ2v) is 10.9. The molecule has 0 unspecified atom stereocenters. The zero-order valence-electron chi connectivity index (χ0n) is 22.5. The van der Waals surface area contributed by atoms with Crippen molar-refractivity contribution in [3.05, 3.63) is 94.5 Å². The van der Waals surface area contributed by atoms with Crippen molar-refractivity contribution in [1.29, 1.82) is 0 Å². The van der Waals surface area contributed by atoms with E-state index in [2.05, 4.69) is 21.2 Å². The number of carbonyl (C=O) groups is 2. The van der Waals surface area contributed by atoms with E-state index < -0.39 is 6.04 Å². The van der Waals surface area contributed by atoms with E-state index in [-0.39, 0.29) is 24.3 Å². The molecule has 4 rings (SSSR count). The van der Waals surface area contributed by atoms with E-state index in [1.54, 1.807) is 12.0 Å². The van der Waals surface area contributed by atoms with E-state index >= 15 is 0 Å². The molecule has 39 heavy (non-hydrogen) atoms. The van der Waals surface area contributed by atoms with Crippen LogP contribution in [-0.4, -0.2) is 42.5 Å². The van der Waals surface area contributed by atoms with Crippen LogP contribution in [0.3, 0.4) is 0 Å². The highest BCUT2D eigenvalue weighted by Gasteiger charge is 2.32. The summed E-state index contributed by atoms with van der Waals surface area (Å²) in [5.74, 6) is 1.35. The Balaban J connectivity index is 1.50. The molecule has 0 heterocycles. The first-order valence-electron chi connectivity index (χ1n) is 13.7. The molecule has 3 aromatic rings. The van der Waals surface area contributed by atoms with Gasteiger partial charge in [0.25, 0.3) is 0 Å². The van der Waals surface area contributed by atoms with E-state index in [1.807, 2.05) is 78.9 Å². The molecule has 0 bridgehead atoms. The molecule has 6 nitrogen and oxygen atoms in total. The second kappa shape index (κ2) is 14.7. The normalized spacial score (nSPS) is 14.0. The van der Waals surface area contributed by atoms with E-state index in [4.69, 9.17) is 9.47 Å². The van der Waals surface area contributed by atoms with Crippen molar-refractivity contribution in [2.24, 2.45) is 0 Å². The Bertz CT molecular complexity index is 1200. The number of benzene rings is 3. The average Bonchev–Trinajstić information content (AvgIpc) is 3.47. The Hall–Kier alpha value is -3.32. The fourth-order valence-corrected chi connectivity index (χ4v) is 5.43. The van der Waals surface area contributed by atoms with Crippen molar-refractivity contribution in [1.82, 2.24) is 10.2 Å². The average molecular weight is 594 g/mol. The molecule has 2 amide bonds. The summed E-state index contributed by atoms with van der Waals surface area (Å²) in [7, 11) is 1.63. The molecule has 0 aromatic heterocycles. The molecule has 1 N–H and O–H groups in total. The fraction of sp³-hybridized carbons (Fsp3) is 0.375. The number of nitrogens with zero attached hydrogens (tertiary/aromatic N) is 1. The maximum absolute atomic E-state index is 13.8. The molecule has 3 aromatic carbocycles. The fourth-order valence-electron chi connectivity index (χ4n) is 4.98. The van der Waals surface area contributed by atoms with Gasteiger partial charge in [0.15, 0.2) is 0 Å². The van der Waals surface area contributed by atoms with Crippen molar-refractivity contribution in [2.75, 3.05) is 13.7 Å². The summed E-state index contributed by atoms with van der Waals surface area (Å²) in [6, 6.07) is 24.8. The number of ether oxygens (including phenoxy) is 2. The molecule has 7 heteroatoms. The third-order valence-corrected chi connectivity index (χ3v) is 7.57. The van der Waals surface area contributed by atoms with Crippen LogP contribution in [0.25, 0.3) is 0 Å². The highest BCUT2D eigenvalue weighted by Crippen LogP contribution is 2.22. The second-order valence-electron chi connectivity index (χ2n) is 9.97. The molecule has 1 atom stereocenters. The van der Waals surface area contributed by atoms with Crippen LogP contribution in [0, 0.1) is 0 Å². The molecule has 0 spiro atoms. The number of carbonyl (C=O) groups excluding carboxylic acids is 2. The molecule has 0 aliphatic heterocycles. The van der Waals surface area contributed by atoms with Crippen LogP contribution in [0.2, 0.25) is 0 Å². The van der Waals surface area contributed by atoms with Crippen LogP contribution in [0.5, 0.6) is 11.5 Å². The standard InChI is InChI=1S/C32H37BrN2O4/c1-38-28-16-18-29(19-17-28)39-20-8-15-31(36)35(23-25-11-7-12-26(33)21-25)30(22-24-9-3-2-4-10-24)32(37)34-27-13-5-6-14-27/h2-4,7,9-12,16-19,21,27,30H,5-6,8,13-15,20,22-23H2,1H3,(H,34,37)/t30-/m1/s1. The Morgan fingerprint density at radius 3 is 2.33 bits per heavy atom. The lowest BCUT2D eigenvalue weighted by molar-refractivity contribution is -0.141. The van der Waals surface area contributed by atoms with Gasteiger partial charge in [0.05, 0.1) is 13.7 Å². The number of amides is 2. The molecule has 0 radical (unpaired) electrons. The lowest BCUT2D eigenvalue weighted by atomic mass is 10.0. The smallest absolute Gasteiger partial charge is 0.243 e. The zero-order chi connectivity index (χ0) is 27.5. The molecule has 206 valence electrons. The van der Waals surface area contributed by atoms with Gasteiger partial charge in [-0.3, -0.25) is 9.59 Å². The SMILES string of the molecule is COc1ccc(OCCCC(=O)N(Cc2cccc(Br)c2)[C@H](Cc2ccccc2)C(=O)NC2CCCC2)cc1. The van der Waals surface area contributed by atoms with Crippen molar-refractivity contribution < 1.29 is 19.1 Å². The number of hydrogen-bond acceptors (Lipinski definition) is 4. The maximum atomic E-state index is 13.8. The molecule has 1 fully saturated rings. The Morgan fingerprint density at radius 2 is 1.64 bits per heavy atom. The number of nitrogens with one attached hydrogen (secondary N) is 1. The van der Waals surface area contributed by atoms with Crippen molar-refractivity contribution >= 4 is 27.7 Å². The lowest BCUT2D eigenvalue weighted by Gasteiger charge is -2.32. The monoisotopic (exact) mass is 592 g/mol. The summed E-state index contributed by atoms with van der Waals surface area (Å²) in [5, 5.41) is 3.25. The van der Waals surface area contributed by atoms with Crippen LogP contribution in [-0.2, 0) is 22.6 Å². The number of halogens is 1. The third-order valence-electron chi connectivity index (χ3n) is 7.08. The van der Waals surface area contributed by atoms with Gasteiger partial charge in [-0.1, -0.05) is 71.2 Å². The minimum Gasteiger partial charge on any atom is -0.497 e. The number of methoxy groups -OCH3 is 1. The first-order valence-corrected chi connectivity index (χ1v) is 14.5. The van der Waals surface area contributed by atoms with Crippen molar-refractivity contribution in [3.63, 3.8) is 0 Å². The summed E-state index contributed by atoms with van der Waals surface area (Å²) < 4.78 is 12.0. The van der Waals surface area contributed by atoms with Crippen molar-refractivity contribution in [3.8, 4) is 11.5 Å². The minimum atomic E-state index is -0.609. The van der Waals surface area contributed by atoms with E-state index in [9.17, 15) is 9.59 Å². The highest BCUT2D eigenvalue weighted by atomic mass is 79.9. The van der Waals surface area contributed by atoms with Crippen LogP contribution in [0.15, 0.2) is 83.3 Å². The van der Waals surface area contributed by atoms with Crippen molar-refractivity contribution in [2.45, 2.75) is 63.6 Å². The molecule has 0 saturated heterocycles. The molecule has 1 aliphatic carbocycles. The van der Waals surface area contributed by atoms with E-state index in [0.29, 0.717) is 26.0 Å². The van der Waals surface area contributed by atoms with Gasteiger partial charge in [-0.15, -0.1) is 0 Å². The summed E-state index contributed by atoms with van der Waals surface area (Å²) in [6.07, 6.45) is 5.53. The van der Waals surface area contributed by atoms with Gasteiger partial charge in [0.2, 0.25) is 11.8 Å². The maximum Gasteiger partial charge on any atom is 0.243 e. The highest BCUT2D eigenvalue weighted by molar-refractivity contribution is 9.10. The third kappa shape index (κ3) is 8.85. The van der Waals surface area contributed by atoms with Crippen LogP contribution in [0.4, 0.5) is 0 Å². The predicted molar refractivity (Wildman–Crippen MR) is 157 cm³/mol. The number of rotatable bonds is 13. The summed E-state index contributed by atoms with van der Waals surface area (Å²) in [5.41, 5.74) is 2.00. The summed E-state index contributed by atoms with van der Waals surface area (Å²) in [6.45, 7) is 0.758. The van der Waals surface area contributed by atoms with Gasteiger partial charge in [-0.05, 0) is 66.8 Å². The predicted octanol–water partition coefficient (Wildman–Crippen LogP) is 6.32. The van der Waals surface area contributed by atoms with Gasteiger partial charge < -0.3 is 19.7 Å². The number of hydrogen-bond donors (Lipinski definition) is 1. The molecule has 1 aliphatic rings. The van der Waals surface area contributed by atoms with Gasteiger partial charge >= 0.3 is 0 Å².